The molecule has 0 saturated heterocycles. The molecule has 6 nitrogen and oxygen atoms in total. The molecule has 0 atom stereocenters. The fourth-order valence-electron chi connectivity index (χ4n) is 1.80. The maximum absolute atomic E-state index is 12.5. The standard InChI is InChI=1S/C14H14Br2N2O4S2/c1-18(2)24(21,22)12-6-4-11(5-7-12)17-23(19,20)14-9-10(15)3-8-13(14)16/h3-9,17H,1-2H3. The number of halogens is 2. The van der Waals surface area contributed by atoms with Gasteiger partial charge in [-0.15, -0.1) is 0 Å². The zero-order valence-electron chi connectivity index (χ0n) is 12.7. The first-order valence-electron chi connectivity index (χ1n) is 6.54. The lowest BCUT2D eigenvalue weighted by Crippen LogP contribution is -2.22. The van der Waals surface area contributed by atoms with Gasteiger partial charge in [0.05, 0.1) is 4.90 Å². The van der Waals surface area contributed by atoms with Crippen LogP contribution in [-0.2, 0) is 20.0 Å². The van der Waals surface area contributed by atoms with Crippen molar-refractivity contribution < 1.29 is 16.8 Å². The van der Waals surface area contributed by atoms with Gasteiger partial charge in [0.25, 0.3) is 10.0 Å². The Labute approximate surface area is 158 Å². The van der Waals surface area contributed by atoms with Gasteiger partial charge in [0.1, 0.15) is 4.90 Å². The molecule has 130 valence electrons. The Balaban J connectivity index is 2.33. The molecule has 0 aliphatic carbocycles. The molecule has 24 heavy (non-hydrogen) atoms. The van der Waals surface area contributed by atoms with E-state index < -0.39 is 20.0 Å². The van der Waals surface area contributed by atoms with E-state index in [1.165, 1.54) is 44.4 Å². The van der Waals surface area contributed by atoms with Gasteiger partial charge < -0.3 is 0 Å². The lowest BCUT2D eigenvalue weighted by molar-refractivity contribution is 0.521. The third-order valence-corrected chi connectivity index (χ3v) is 7.77. The van der Waals surface area contributed by atoms with Gasteiger partial charge in [-0.2, -0.15) is 0 Å². The summed E-state index contributed by atoms with van der Waals surface area (Å²) in [5.74, 6) is 0. The van der Waals surface area contributed by atoms with Gasteiger partial charge in [-0.25, -0.2) is 21.1 Å². The molecule has 0 saturated carbocycles. The first-order valence-corrected chi connectivity index (χ1v) is 11.1. The molecular formula is C14H14Br2N2O4S2. The van der Waals surface area contributed by atoms with Crippen LogP contribution in [0.3, 0.4) is 0 Å². The SMILES string of the molecule is CN(C)S(=O)(=O)c1ccc(NS(=O)(=O)c2cc(Br)ccc2Br)cc1. The van der Waals surface area contributed by atoms with E-state index in [1.54, 1.807) is 12.1 Å². The average Bonchev–Trinajstić information content (AvgIpc) is 2.49. The van der Waals surface area contributed by atoms with Crippen LogP contribution in [0.5, 0.6) is 0 Å². The molecule has 0 spiro atoms. The van der Waals surface area contributed by atoms with Crippen LogP contribution < -0.4 is 4.72 Å². The molecule has 0 aliphatic rings. The molecule has 0 aliphatic heterocycles. The summed E-state index contributed by atoms with van der Waals surface area (Å²) in [4.78, 5) is 0.154. The highest BCUT2D eigenvalue weighted by Crippen LogP contribution is 2.27. The second-order valence-electron chi connectivity index (χ2n) is 4.99. The second-order valence-corrected chi connectivity index (χ2v) is 10.6. The minimum absolute atomic E-state index is 0.0712. The normalized spacial score (nSPS) is 12.4. The van der Waals surface area contributed by atoms with Crippen LogP contribution in [0, 0.1) is 0 Å². The summed E-state index contributed by atoms with van der Waals surface area (Å²) in [6.45, 7) is 0. The zero-order chi connectivity index (χ0) is 18.1. The minimum Gasteiger partial charge on any atom is -0.280 e. The summed E-state index contributed by atoms with van der Waals surface area (Å²) in [6, 6.07) is 10.3. The highest BCUT2D eigenvalue weighted by atomic mass is 79.9. The number of nitrogens with zero attached hydrogens (tertiary/aromatic N) is 1. The maximum Gasteiger partial charge on any atom is 0.263 e. The summed E-state index contributed by atoms with van der Waals surface area (Å²) < 4.78 is 53.5. The van der Waals surface area contributed by atoms with Gasteiger partial charge in [-0.1, -0.05) is 15.9 Å². The van der Waals surface area contributed by atoms with Crippen molar-refractivity contribution in [2.75, 3.05) is 18.8 Å². The molecule has 2 aromatic carbocycles. The predicted molar refractivity (Wildman–Crippen MR) is 100.0 cm³/mol. The van der Waals surface area contributed by atoms with Crippen molar-refractivity contribution in [3.63, 3.8) is 0 Å². The minimum atomic E-state index is -3.82. The Morgan fingerprint density at radius 1 is 0.917 bits per heavy atom. The number of hydrogen-bond donors (Lipinski definition) is 1. The van der Waals surface area contributed by atoms with Gasteiger partial charge >= 0.3 is 0 Å². The van der Waals surface area contributed by atoms with Crippen LogP contribution in [0.15, 0.2) is 61.2 Å². The van der Waals surface area contributed by atoms with E-state index in [4.69, 9.17) is 0 Å². The average molecular weight is 498 g/mol. The quantitative estimate of drug-likeness (QED) is 0.687. The van der Waals surface area contributed by atoms with Crippen LogP contribution in [0.25, 0.3) is 0 Å². The molecular weight excluding hydrogens is 484 g/mol. The van der Waals surface area contributed by atoms with Crippen molar-refractivity contribution >= 4 is 57.6 Å². The fourth-order valence-corrected chi connectivity index (χ4v) is 5.26. The van der Waals surface area contributed by atoms with Crippen molar-refractivity contribution in [3.8, 4) is 0 Å². The molecule has 2 rings (SSSR count). The Morgan fingerprint density at radius 3 is 2.04 bits per heavy atom. The monoisotopic (exact) mass is 496 g/mol. The van der Waals surface area contributed by atoms with E-state index in [0.717, 1.165) is 4.31 Å². The Bertz CT molecular complexity index is 957. The molecule has 0 radical (unpaired) electrons. The van der Waals surface area contributed by atoms with Crippen LogP contribution in [0.1, 0.15) is 0 Å². The first-order chi connectivity index (χ1) is 11.0. The molecule has 10 heteroatoms. The van der Waals surface area contributed by atoms with Crippen molar-refractivity contribution in [1.82, 2.24) is 4.31 Å². The molecule has 1 N–H and O–H groups in total. The first kappa shape index (κ1) is 19.4. The predicted octanol–water partition coefficient (Wildman–Crippen LogP) is 3.26. The maximum atomic E-state index is 12.5. The summed E-state index contributed by atoms with van der Waals surface area (Å²) in [6.07, 6.45) is 0. The smallest absolute Gasteiger partial charge is 0.263 e. The highest BCUT2D eigenvalue weighted by molar-refractivity contribution is 9.11. The summed E-state index contributed by atoms with van der Waals surface area (Å²) >= 11 is 6.44. The number of benzene rings is 2. The van der Waals surface area contributed by atoms with Crippen LogP contribution in [-0.4, -0.2) is 35.2 Å². The van der Waals surface area contributed by atoms with E-state index >= 15 is 0 Å². The van der Waals surface area contributed by atoms with Crippen molar-refractivity contribution in [2.45, 2.75) is 9.79 Å². The largest absolute Gasteiger partial charge is 0.280 e. The zero-order valence-corrected chi connectivity index (χ0v) is 17.5. The Morgan fingerprint density at radius 2 is 1.50 bits per heavy atom. The third kappa shape index (κ3) is 4.17. The molecule has 0 heterocycles. The fraction of sp³-hybridized carbons (Fsp3) is 0.143. The van der Waals surface area contributed by atoms with Crippen LogP contribution >= 0.6 is 31.9 Å². The van der Waals surface area contributed by atoms with Crippen molar-refractivity contribution in [2.24, 2.45) is 0 Å². The van der Waals surface area contributed by atoms with E-state index in [1.807, 2.05) is 0 Å². The number of anilines is 1. The molecule has 2 aromatic rings. The van der Waals surface area contributed by atoms with E-state index in [0.29, 0.717) is 8.95 Å². The van der Waals surface area contributed by atoms with Gasteiger partial charge in [-0.05, 0) is 58.4 Å². The van der Waals surface area contributed by atoms with Crippen molar-refractivity contribution in [3.05, 3.63) is 51.4 Å². The summed E-state index contributed by atoms with van der Waals surface area (Å²) in [5.41, 5.74) is 0.264. The van der Waals surface area contributed by atoms with Gasteiger partial charge in [0, 0.05) is 28.7 Å². The number of sulfonamides is 2. The Hall–Kier alpha value is -0.940. The summed E-state index contributed by atoms with van der Waals surface area (Å²) in [5, 5.41) is 0. The lowest BCUT2D eigenvalue weighted by Gasteiger charge is -2.13. The van der Waals surface area contributed by atoms with Crippen LogP contribution in [0.4, 0.5) is 5.69 Å². The molecule has 0 fully saturated rings. The van der Waals surface area contributed by atoms with Gasteiger partial charge in [-0.3, -0.25) is 4.72 Å². The van der Waals surface area contributed by atoms with Crippen LogP contribution in [0.2, 0.25) is 0 Å². The number of nitrogens with one attached hydrogen (secondary N) is 1. The summed E-state index contributed by atoms with van der Waals surface area (Å²) in [7, 11) is -4.52. The van der Waals surface area contributed by atoms with Crippen molar-refractivity contribution in [1.29, 1.82) is 0 Å². The van der Waals surface area contributed by atoms with Gasteiger partial charge in [0.15, 0.2) is 0 Å². The van der Waals surface area contributed by atoms with E-state index in [2.05, 4.69) is 36.6 Å². The van der Waals surface area contributed by atoms with Gasteiger partial charge in [0.2, 0.25) is 10.0 Å². The van der Waals surface area contributed by atoms with E-state index in [9.17, 15) is 16.8 Å². The number of hydrogen-bond acceptors (Lipinski definition) is 4. The highest BCUT2D eigenvalue weighted by Gasteiger charge is 2.20. The Kier molecular flexibility index (Phi) is 5.75. The number of rotatable bonds is 5. The third-order valence-electron chi connectivity index (χ3n) is 3.07. The molecule has 0 unspecified atom stereocenters. The lowest BCUT2D eigenvalue weighted by atomic mass is 10.3. The molecule has 0 amide bonds. The molecule has 0 bridgehead atoms. The van der Waals surface area contributed by atoms with E-state index in [-0.39, 0.29) is 15.5 Å². The molecule has 0 aromatic heterocycles. The second kappa shape index (κ2) is 7.12. The topological polar surface area (TPSA) is 83.6 Å².